The van der Waals surface area contributed by atoms with E-state index < -0.39 is 10.0 Å². The molecule has 0 saturated heterocycles. The second-order valence-electron chi connectivity index (χ2n) is 10.8. The Kier molecular flexibility index (Phi) is 8.71. The Morgan fingerprint density at radius 3 is 2.24 bits per heavy atom. The first-order valence-corrected chi connectivity index (χ1v) is 16.1. The van der Waals surface area contributed by atoms with Gasteiger partial charge in [-0.25, -0.2) is 8.42 Å². The van der Waals surface area contributed by atoms with Crippen LogP contribution >= 0.6 is 0 Å². The molecule has 0 aliphatic heterocycles. The number of sulfonamides is 1. The van der Waals surface area contributed by atoms with Gasteiger partial charge in [0.15, 0.2) is 5.82 Å². The van der Waals surface area contributed by atoms with Crippen LogP contribution in [0.25, 0.3) is 11.1 Å². The quantitative estimate of drug-likeness (QED) is 0.152. The summed E-state index contributed by atoms with van der Waals surface area (Å²) < 4.78 is 44.1. The van der Waals surface area contributed by atoms with Crippen molar-refractivity contribution in [2.24, 2.45) is 0 Å². The second-order valence-corrected chi connectivity index (χ2v) is 12.6. The molecule has 232 valence electrons. The molecule has 1 heterocycles. The normalized spacial score (nSPS) is 11.3. The maximum absolute atomic E-state index is 14.7. The van der Waals surface area contributed by atoms with Gasteiger partial charge in [0, 0.05) is 5.69 Å². The number of para-hydroxylation sites is 1. The minimum absolute atomic E-state index is 0.0308. The smallest absolute Gasteiger partial charge is 0.268 e. The van der Waals surface area contributed by atoms with Gasteiger partial charge in [-0.3, -0.25) is 4.31 Å². The molecule has 0 bridgehead atoms. The van der Waals surface area contributed by atoms with Gasteiger partial charge < -0.3 is 19.8 Å². The molecule has 0 amide bonds. The fourth-order valence-electron chi connectivity index (χ4n) is 5.10. The first kappa shape index (κ1) is 30.4. The third kappa shape index (κ3) is 6.72. The fraction of sp³-hybridized carbons (Fsp3) is 0.111. The Morgan fingerprint density at radius 2 is 1.52 bits per heavy atom. The molecular formula is C36H33N5O4S. The topological polar surface area (TPSA) is 113 Å². The molecule has 0 atom stereocenters. The first-order valence-electron chi connectivity index (χ1n) is 14.6. The van der Waals surface area contributed by atoms with Gasteiger partial charge in [-0.2, -0.15) is 0 Å². The van der Waals surface area contributed by atoms with Crippen LogP contribution in [0.15, 0.2) is 133 Å². The van der Waals surface area contributed by atoms with Crippen molar-refractivity contribution in [2.45, 2.75) is 24.9 Å². The summed E-state index contributed by atoms with van der Waals surface area (Å²) in [6.07, 6.45) is 1.59. The zero-order valence-corrected chi connectivity index (χ0v) is 26.3. The predicted molar refractivity (Wildman–Crippen MR) is 179 cm³/mol. The van der Waals surface area contributed by atoms with E-state index in [0.29, 0.717) is 35.2 Å². The number of hydrogen-bond donors (Lipinski definition) is 1. The van der Waals surface area contributed by atoms with Gasteiger partial charge in [0.05, 0.1) is 25.9 Å². The number of rotatable bonds is 11. The molecule has 0 spiro atoms. The number of hydrogen-bond acceptors (Lipinski definition) is 7. The lowest BCUT2D eigenvalue weighted by Crippen LogP contribution is -2.32. The standard InChI is InChI=1S/C36H33N5O4S/c1-26-7-6-8-28(21-26)29-13-20-34(44-2)35(22-29)46(42,43)41(31-16-18-33(19-17-31)45-32-9-4-3-5-10-32)24-36-39-38-25-40(36)23-27-11-14-30(37)15-12-27/h3-22,25H,23-24,37H2,1-2H3. The van der Waals surface area contributed by atoms with Crippen LogP contribution in [0, 0.1) is 6.92 Å². The third-order valence-corrected chi connectivity index (χ3v) is 9.30. The Morgan fingerprint density at radius 1 is 0.804 bits per heavy atom. The fourth-order valence-corrected chi connectivity index (χ4v) is 6.71. The summed E-state index contributed by atoms with van der Waals surface area (Å²) in [4.78, 5) is 0.0308. The van der Waals surface area contributed by atoms with Crippen molar-refractivity contribution in [3.05, 3.63) is 145 Å². The summed E-state index contributed by atoms with van der Waals surface area (Å²) in [5.41, 5.74) is 10.6. The van der Waals surface area contributed by atoms with Crippen molar-refractivity contribution < 1.29 is 17.9 Å². The second kappa shape index (κ2) is 13.2. The average Bonchev–Trinajstić information content (AvgIpc) is 3.51. The van der Waals surface area contributed by atoms with Crippen molar-refractivity contribution in [1.82, 2.24) is 14.8 Å². The maximum atomic E-state index is 14.7. The molecule has 0 aliphatic carbocycles. The number of methoxy groups -OCH3 is 1. The Labute approximate surface area is 268 Å². The number of nitrogens with zero attached hydrogens (tertiary/aromatic N) is 4. The number of ether oxygens (including phenoxy) is 2. The first-order chi connectivity index (χ1) is 22.3. The van der Waals surface area contributed by atoms with Crippen molar-refractivity contribution in [1.29, 1.82) is 0 Å². The lowest BCUT2D eigenvalue weighted by Gasteiger charge is -2.26. The maximum Gasteiger partial charge on any atom is 0.268 e. The van der Waals surface area contributed by atoms with E-state index in [1.807, 2.05) is 96.4 Å². The third-order valence-electron chi connectivity index (χ3n) is 7.50. The lowest BCUT2D eigenvalue weighted by molar-refractivity contribution is 0.402. The molecule has 9 nitrogen and oxygen atoms in total. The van der Waals surface area contributed by atoms with Crippen LogP contribution < -0.4 is 19.5 Å². The van der Waals surface area contributed by atoms with Crippen LogP contribution in [0.1, 0.15) is 17.0 Å². The zero-order chi connectivity index (χ0) is 32.1. The summed E-state index contributed by atoms with van der Waals surface area (Å²) in [5, 5.41) is 8.44. The lowest BCUT2D eigenvalue weighted by atomic mass is 10.0. The molecule has 0 unspecified atom stereocenters. The minimum atomic E-state index is -4.21. The zero-order valence-electron chi connectivity index (χ0n) is 25.4. The van der Waals surface area contributed by atoms with E-state index in [1.54, 1.807) is 42.7 Å². The van der Waals surface area contributed by atoms with Crippen LogP contribution in [0.2, 0.25) is 0 Å². The summed E-state index contributed by atoms with van der Waals surface area (Å²) >= 11 is 0. The monoisotopic (exact) mass is 631 g/mol. The van der Waals surface area contributed by atoms with E-state index in [2.05, 4.69) is 10.2 Å². The highest BCUT2D eigenvalue weighted by atomic mass is 32.2. The molecule has 5 aromatic carbocycles. The molecule has 2 N–H and O–H groups in total. The Hall–Kier alpha value is -5.61. The molecule has 6 rings (SSSR count). The molecule has 10 heteroatoms. The van der Waals surface area contributed by atoms with Crippen molar-refractivity contribution in [3.63, 3.8) is 0 Å². The van der Waals surface area contributed by atoms with Crippen LogP contribution in [-0.4, -0.2) is 30.3 Å². The number of nitrogens with two attached hydrogens (primary N) is 1. The Bertz CT molecular complexity index is 2050. The molecule has 0 fully saturated rings. The highest BCUT2D eigenvalue weighted by Gasteiger charge is 2.30. The summed E-state index contributed by atoms with van der Waals surface area (Å²) in [6.45, 7) is 2.35. The van der Waals surface area contributed by atoms with Crippen molar-refractivity contribution in [2.75, 3.05) is 17.1 Å². The van der Waals surface area contributed by atoms with Crippen LogP contribution in [0.5, 0.6) is 17.2 Å². The molecule has 1 aromatic heterocycles. The van der Waals surface area contributed by atoms with E-state index in [4.69, 9.17) is 15.2 Å². The summed E-state index contributed by atoms with van der Waals surface area (Å²) in [6, 6.07) is 36.9. The van der Waals surface area contributed by atoms with Crippen molar-refractivity contribution in [3.8, 4) is 28.4 Å². The van der Waals surface area contributed by atoms with Gasteiger partial charge in [0.25, 0.3) is 10.0 Å². The van der Waals surface area contributed by atoms with Gasteiger partial charge in [-0.1, -0.05) is 66.2 Å². The van der Waals surface area contributed by atoms with Gasteiger partial charge >= 0.3 is 0 Å². The molecule has 6 aromatic rings. The van der Waals surface area contributed by atoms with E-state index in [-0.39, 0.29) is 17.2 Å². The van der Waals surface area contributed by atoms with E-state index in [9.17, 15) is 8.42 Å². The molecule has 0 radical (unpaired) electrons. The van der Waals surface area contributed by atoms with Crippen LogP contribution in [0.4, 0.5) is 11.4 Å². The van der Waals surface area contributed by atoms with Crippen LogP contribution in [0.3, 0.4) is 0 Å². The van der Waals surface area contributed by atoms with E-state index in [1.165, 1.54) is 11.4 Å². The summed E-state index contributed by atoms with van der Waals surface area (Å²) in [5.74, 6) is 1.93. The molecule has 0 aliphatic rings. The number of aryl methyl sites for hydroxylation is 1. The van der Waals surface area contributed by atoms with E-state index in [0.717, 1.165) is 22.3 Å². The van der Waals surface area contributed by atoms with Gasteiger partial charge in [-0.05, 0) is 84.3 Å². The van der Waals surface area contributed by atoms with E-state index >= 15 is 0 Å². The largest absolute Gasteiger partial charge is 0.495 e. The molecule has 46 heavy (non-hydrogen) atoms. The van der Waals surface area contributed by atoms with Gasteiger partial charge in [0.1, 0.15) is 28.5 Å². The average molecular weight is 632 g/mol. The number of benzene rings is 5. The van der Waals surface area contributed by atoms with Crippen molar-refractivity contribution >= 4 is 21.4 Å². The minimum Gasteiger partial charge on any atom is -0.495 e. The van der Waals surface area contributed by atoms with Gasteiger partial charge in [0.2, 0.25) is 0 Å². The number of aromatic nitrogens is 3. The van der Waals surface area contributed by atoms with Crippen LogP contribution in [-0.2, 0) is 23.1 Å². The van der Waals surface area contributed by atoms with Gasteiger partial charge in [-0.15, -0.1) is 10.2 Å². The SMILES string of the molecule is COc1ccc(-c2cccc(C)c2)cc1S(=O)(=O)N(Cc1nncn1Cc1ccc(N)cc1)c1ccc(Oc2ccccc2)cc1. The highest BCUT2D eigenvalue weighted by molar-refractivity contribution is 7.93. The predicted octanol–water partition coefficient (Wildman–Crippen LogP) is 7.08. The highest BCUT2D eigenvalue weighted by Crippen LogP contribution is 2.36. The summed E-state index contributed by atoms with van der Waals surface area (Å²) in [7, 11) is -2.75. The number of nitrogen functional groups attached to an aromatic ring is 1. The molecular weight excluding hydrogens is 598 g/mol. The molecule has 0 saturated carbocycles. The number of anilines is 2. The Balaban J connectivity index is 1.41.